The van der Waals surface area contributed by atoms with Gasteiger partial charge in [-0.1, -0.05) is 12.1 Å². The van der Waals surface area contributed by atoms with Crippen molar-refractivity contribution < 1.29 is 13.9 Å². The van der Waals surface area contributed by atoms with Crippen molar-refractivity contribution in [1.82, 2.24) is 15.6 Å². The molecular formula is C18H26N4O3. The first-order chi connectivity index (χ1) is 12.1. The number of nitrogens with zero attached hydrogens (tertiary/aromatic N) is 2. The lowest BCUT2D eigenvalue weighted by Gasteiger charge is -2.11. The van der Waals surface area contributed by atoms with E-state index in [1.165, 1.54) is 0 Å². The monoisotopic (exact) mass is 346 g/mol. The summed E-state index contributed by atoms with van der Waals surface area (Å²) in [5.41, 5.74) is 2.04. The molecule has 0 saturated heterocycles. The zero-order valence-electron chi connectivity index (χ0n) is 15.3. The molecule has 136 valence electrons. The second-order valence-corrected chi connectivity index (χ2v) is 5.51. The molecule has 1 aromatic heterocycles. The molecule has 0 aliphatic rings. The Morgan fingerprint density at radius 1 is 1.12 bits per heavy atom. The van der Waals surface area contributed by atoms with Crippen LogP contribution in [0.15, 0.2) is 33.7 Å². The van der Waals surface area contributed by atoms with Gasteiger partial charge in [0.25, 0.3) is 0 Å². The smallest absolute Gasteiger partial charge is 0.214 e. The van der Waals surface area contributed by atoms with Crippen molar-refractivity contribution in [3.05, 3.63) is 47.2 Å². The molecule has 2 rings (SSSR count). The van der Waals surface area contributed by atoms with Crippen molar-refractivity contribution in [1.29, 1.82) is 0 Å². The minimum absolute atomic E-state index is 0.487. The Hall–Kier alpha value is -2.54. The van der Waals surface area contributed by atoms with Crippen LogP contribution in [-0.4, -0.2) is 38.3 Å². The minimum atomic E-state index is 0.487. The number of benzene rings is 1. The molecule has 0 unspecified atom stereocenters. The van der Waals surface area contributed by atoms with Gasteiger partial charge in [0.15, 0.2) is 5.96 Å². The van der Waals surface area contributed by atoms with Crippen LogP contribution in [0.3, 0.4) is 0 Å². The first-order valence-corrected chi connectivity index (χ1v) is 8.20. The number of hydrogen-bond acceptors (Lipinski definition) is 5. The number of rotatable bonds is 8. The summed E-state index contributed by atoms with van der Waals surface area (Å²) < 4.78 is 16.1. The van der Waals surface area contributed by atoms with Crippen molar-refractivity contribution in [3.63, 3.8) is 0 Å². The van der Waals surface area contributed by atoms with Crippen LogP contribution in [0.1, 0.15) is 22.9 Å². The number of aromatic nitrogens is 1. The molecule has 25 heavy (non-hydrogen) atoms. The van der Waals surface area contributed by atoms with E-state index in [-0.39, 0.29) is 0 Å². The Kier molecular flexibility index (Phi) is 7.28. The summed E-state index contributed by atoms with van der Waals surface area (Å²) in [6.07, 6.45) is 0. The molecule has 0 aliphatic heterocycles. The largest absolute Gasteiger partial charge is 0.491 e. The van der Waals surface area contributed by atoms with Gasteiger partial charge in [0, 0.05) is 20.7 Å². The van der Waals surface area contributed by atoms with Crippen molar-refractivity contribution in [3.8, 4) is 5.75 Å². The predicted octanol–water partition coefficient (Wildman–Crippen LogP) is 2.18. The Bertz CT molecular complexity index is 661. The number of hydrogen-bond donors (Lipinski definition) is 2. The topological polar surface area (TPSA) is 80.9 Å². The summed E-state index contributed by atoms with van der Waals surface area (Å²) in [5.74, 6) is 3.01. The number of oxazole rings is 1. The average Bonchev–Trinajstić information content (AvgIpc) is 2.94. The van der Waals surface area contributed by atoms with E-state index < -0.39 is 0 Å². The molecule has 0 atom stereocenters. The summed E-state index contributed by atoms with van der Waals surface area (Å²) in [5, 5.41) is 6.44. The van der Waals surface area contributed by atoms with Crippen LogP contribution < -0.4 is 15.4 Å². The summed E-state index contributed by atoms with van der Waals surface area (Å²) in [7, 11) is 3.39. The number of aryl methyl sites for hydroxylation is 2. The van der Waals surface area contributed by atoms with Crippen LogP contribution in [0.25, 0.3) is 0 Å². The van der Waals surface area contributed by atoms with E-state index >= 15 is 0 Å². The molecule has 1 heterocycles. The van der Waals surface area contributed by atoms with Crippen LogP contribution in [0.2, 0.25) is 0 Å². The highest BCUT2D eigenvalue weighted by atomic mass is 16.5. The molecular weight excluding hydrogens is 320 g/mol. The predicted molar refractivity (Wildman–Crippen MR) is 96.8 cm³/mol. The Balaban J connectivity index is 1.78. The maximum absolute atomic E-state index is 5.55. The molecule has 0 aliphatic carbocycles. The normalized spacial score (nSPS) is 11.4. The Morgan fingerprint density at radius 2 is 1.84 bits per heavy atom. The molecule has 2 aromatic rings. The molecule has 0 saturated carbocycles. The van der Waals surface area contributed by atoms with E-state index in [0.29, 0.717) is 38.2 Å². The number of ether oxygens (including phenoxy) is 2. The van der Waals surface area contributed by atoms with Gasteiger partial charge in [0.05, 0.1) is 18.8 Å². The quantitative estimate of drug-likeness (QED) is 0.433. The fourth-order valence-corrected chi connectivity index (χ4v) is 2.13. The zero-order chi connectivity index (χ0) is 18.1. The summed E-state index contributed by atoms with van der Waals surface area (Å²) in [6, 6.07) is 7.93. The Morgan fingerprint density at radius 3 is 2.44 bits per heavy atom. The lowest BCUT2D eigenvalue weighted by molar-refractivity contribution is 0.146. The second-order valence-electron chi connectivity index (χ2n) is 5.51. The molecule has 0 radical (unpaired) electrons. The third-order valence-electron chi connectivity index (χ3n) is 3.64. The summed E-state index contributed by atoms with van der Waals surface area (Å²) in [6.45, 7) is 6.10. The van der Waals surface area contributed by atoms with Crippen molar-refractivity contribution in [2.45, 2.75) is 26.9 Å². The van der Waals surface area contributed by atoms with E-state index in [1.54, 1.807) is 14.2 Å². The highest BCUT2D eigenvalue weighted by Crippen LogP contribution is 2.12. The standard InChI is InChI=1S/C18H26N4O3/c1-13-14(2)25-17(22-13)12-21-18(19-3)20-11-15-5-7-16(8-6-15)24-10-9-23-4/h5-8H,9-12H2,1-4H3,(H2,19,20,21). The van der Waals surface area contributed by atoms with Gasteiger partial charge in [0.2, 0.25) is 5.89 Å². The van der Waals surface area contributed by atoms with Crippen LogP contribution in [0, 0.1) is 13.8 Å². The van der Waals surface area contributed by atoms with Gasteiger partial charge in [-0.25, -0.2) is 4.98 Å². The summed E-state index contributed by atoms with van der Waals surface area (Å²) >= 11 is 0. The molecule has 0 spiro atoms. The van der Waals surface area contributed by atoms with Gasteiger partial charge in [-0.05, 0) is 31.5 Å². The van der Waals surface area contributed by atoms with E-state index in [0.717, 1.165) is 22.8 Å². The maximum Gasteiger partial charge on any atom is 0.214 e. The molecule has 2 N–H and O–H groups in total. The fourth-order valence-electron chi connectivity index (χ4n) is 2.13. The van der Waals surface area contributed by atoms with E-state index in [1.807, 2.05) is 38.1 Å². The van der Waals surface area contributed by atoms with Crippen molar-refractivity contribution >= 4 is 5.96 Å². The first-order valence-electron chi connectivity index (χ1n) is 8.20. The number of guanidine groups is 1. The van der Waals surface area contributed by atoms with Crippen LogP contribution in [0.5, 0.6) is 5.75 Å². The number of methoxy groups -OCH3 is 1. The molecule has 0 bridgehead atoms. The maximum atomic E-state index is 5.55. The van der Waals surface area contributed by atoms with Gasteiger partial charge in [0.1, 0.15) is 18.1 Å². The Labute approximate surface area is 148 Å². The zero-order valence-corrected chi connectivity index (χ0v) is 15.3. The highest BCUT2D eigenvalue weighted by molar-refractivity contribution is 5.79. The average molecular weight is 346 g/mol. The molecule has 1 aromatic carbocycles. The molecule has 7 heteroatoms. The van der Waals surface area contributed by atoms with Crippen molar-refractivity contribution in [2.75, 3.05) is 27.4 Å². The van der Waals surface area contributed by atoms with Gasteiger partial charge in [-0.3, -0.25) is 4.99 Å². The van der Waals surface area contributed by atoms with E-state index in [9.17, 15) is 0 Å². The van der Waals surface area contributed by atoms with Crippen LogP contribution in [-0.2, 0) is 17.8 Å². The van der Waals surface area contributed by atoms with Gasteiger partial charge < -0.3 is 24.5 Å². The van der Waals surface area contributed by atoms with Crippen molar-refractivity contribution in [2.24, 2.45) is 4.99 Å². The molecule has 0 fully saturated rings. The number of aliphatic imine (C=N–C) groups is 1. The van der Waals surface area contributed by atoms with Gasteiger partial charge >= 0.3 is 0 Å². The highest BCUT2D eigenvalue weighted by Gasteiger charge is 2.06. The second kappa shape index (κ2) is 9.68. The van der Waals surface area contributed by atoms with E-state index in [2.05, 4.69) is 20.6 Å². The van der Waals surface area contributed by atoms with Gasteiger partial charge in [-0.15, -0.1) is 0 Å². The first kappa shape index (κ1) is 18.8. The van der Waals surface area contributed by atoms with Crippen LogP contribution in [0.4, 0.5) is 0 Å². The lowest BCUT2D eigenvalue weighted by atomic mass is 10.2. The third-order valence-corrected chi connectivity index (χ3v) is 3.64. The SMILES string of the molecule is CN=C(NCc1ccc(OCCOC)cc1)NCc1nc(C)c(C)o1. The van der Waals surface area contributed by atoms with Gasteiger partial charge in [-0.2, -0.15) is 0 Å². The minimum Gasteiger partial charge on any atom is -0.491 e. The number of nitrogens with one attached hydrogen (secondary N) is 2. The van der Waals surface area contributed by atoms with E-state index in [4.69, 9.17) is 13.9 Å². The molecule has 7 nitrogen and oxygen atoms in total. The summed E-state index contributed by atoms with van der Waals surface area (Å²) in [4.78, 5) is 8.54. The van der Waals surface area contributed by atoms with Crippen LogP contribution >= 0.6 is 0 Å². The fraction of sp³-hybridized carbons (Fsp3) is 0.444. The third kappa shape index (κ3) is 6.11. The molecule has 0 amide bonds. The lowest BCUT2D eigenvalue weighted by Crippen LogP contribution is -2.36.